The molecule has 2 N–H and O–H groups in total. The van der Waals surface area contributed by atoms with E-state index in [1.54, 1.807) is 16.8 Å². The Hall–Kier alpha value is -2.02. The number of carbonyl (C=O) groups excluding carboxylic acids is 2. The zero-order chi connectivity index (χ0) is 18.6. The number of hydrogen-bond donors (Lipinski definition) is 1. The Morgan fingerprint density at radius 1 is 1.36 bits per heavy atom. The van der Waals surface area contributed by atoms with Crippen molar-refractivity contribution in [2.24, 2.45) is 5.73 Å². The molecule has 1 heterocycles. The summed E-state index contributed by atoms with van der Waals surface area (Å²) in [6.45, 7) is 2.97. The normalized spacial score (nSPS) is 19.7. The molecule has 2 atom stereocenters. The highest BCUT2D eigenvalue weighted by Gasteiger charge is 2.33. The Morgan fingerprint density at radius 3 is 2.76 bits per heavy atom. The molecular weight excluding hydrogens is 328 g/mol. The summed E-state index contributed by atoms with van der Waals surface area (Å²) >= 11 is 0. The van der Waals surface area contributed by atoms with Crippen LogP contribution in [0.1, 0.15) is 31.7 Å². The highest BCUT2D eigenvalue weighted by atomic mass is 19.1. The number of nitrogens with zero attached hydrogens (tertiary/aromatic N) is 2. The summed E-state index contributed by atoms with van der Waals surface area (Å²) in [6.07, 6.45) is 1.29. The fraction of sp³-hybridized carbons (Fsp3) is 0.556. The maximum atomic E-state index is 13.7. The summed E-state index contributed by atoms with van der Waals surface area (Å²) in [5.74, 6) is -1.37. The molecule has 138 valence electrons. The predicted molar refractivity (Wildman–Crippen MR) is 90.7 cm³/mol. The molecular formula is C18H25F2N3O2. The van der Waals surface area contributed by atoms with E-state index in [0.29, 0.717) is 25.9 Å². The number of likely N-dealkylation sites (N-methyl/N-ethyl adjacent to an activating group) is 1. The zero-order valence-corrected chi connectivity index (χ0v) is 14.7. The summed E-state index contributed by atoms with van der Waals surface area (Å²) < 4.78 is 27.0. The molecule has 0 aliphatic carbocycles. The van der Waals surface area contributed by atoms with Gasteiger partial charge in [-0.05, 0) is 43.0 Å². The number of rotatable bonds is 5. The van der Waals surface area contributed by atoms with Crippen LogP contribution in [0, 0.1) is 11.6 Å². The fourth-order valence-electron chi connectivity index (χ4n) is 3.22. The molecule has 0 saturated carbocycles. The summed E-state index contributed by atoms with van der Waals surface area (Å²) in [7, 11) is 1.73. The van der Waals surface area contributed by atoms with Gasteiger partial charge in [-0.3, -0.25) is 9.59 Å². The highest BCUT2D eigenvalue weighted by molar-refractivity contribution is 5.88. The standard InChI is InChI=1S/C18H25F2N3O2/c1-3-16-18(25)22(2)7-4-8-23(16)17(24)11-14(21)10-12-9-13(19)5-6-15(12)20/h5-6,9,14,16H,3-4,7-8,10-11,21H2,1-2H3/t14-,16?/m1/s1. The van der Waals surface area contributed by atoms with Crippen LogP contribution < -0.4 is 5.73 Å². The van der Waals surface area contributed by atoms with Gasteiger partial charge in [-0.1, -0.05) is 6.92 Å². The number of nitrogens with two attached hydrogens (primary N) is 1. The van der Waals surface area contributed by atoms with Gasteiger partial charge in [0.1, 0.15) is 17.7 Å². The second-order valence-corrected chi connectivity index (χ2v) is 6.53. The first-order valence-corrected chi connectivity index (χ1v) is 8.57. The van der Waals surface area contributed by atoms with Gasteiger partial charge in [0.2, 0.25) is 11.8 Å². The van der Waals surface area contributed by atoms with Crippen LogP contribution in [0.15, 0.2) is 18.2 Å². The van der Waals surface area contributed by atoms with Gasteiger partial charge < -0.3 is 15.5 Å². The van der Waals surface area contributed by atoms with Crippen molar-refractivity contribution in [1.82, 2.24) is 9.80 Å². The lowest BCUT2D eigenvalue weighted by Crippen LogP contribution is -2.48. The average Bonchev–Trinajstić information content (AvgIpc) is 2.70. The molecule has 2 rings (SSSR count). The Kier molecular flexibility index (Phi) is 6.47. The van der Waals surface area contributed by atoms with Crippen LogP contribution in [0.25, 0.3) is 0 Å². The van der Waals surface area contributed by atoms with E-state index in [0.717, 1.165) is 18.2 Å². The lowest BCUT2D eigenvalue weighted by atomic mass is 10.0. The minimum absolute atomic E-state index is 0.0105. The topological polar surface area (TPSA) is 66.6 Å². The zero-order valence-electron chi connectivity index (χ0n) is 14.7. The van der Waals surface area contributed by atoms with Crippen molar-refractivity contribution in [3.8, 4) is 0 Å². The van der Waals surface area contributed by atoms with Crippen molar-refractivity contribution in [3.05, 3.63) is 35.4 Å². The summed E-state index contributed by atoms with van der Waals surface area (Å²) in [6, 6.07) is 2.06. The number of halogens is 2. The third-order valence-corrected chi connectivity index (χ3v) is 4.56. The van der Waals surface area contributed by atoms with Crippen LogP contribution in [0.2, 0.25) is 0 Å². The summed E-state index contributed by atoms with van der Waals surface area (Å²) in [5.41, 5.74) is 6.14. The molecule has 5 nitrogen and oxygen atoms in total. The van der Waals surface area contributed by atoms with E-state index in [2.05, 4.69) is 0 Å². The van der Waals surface area contributed by atoms with Gasteiger partial charge in [0.05, 0.1) is 0 Å². The van der Waals surface area contributed by atoms with Crippen LogP contribution >= 0.6 is 0 Å². The van der Waals surface area contributed by atoms with Crippen molar-refractivity contribution < 1.29 is 18.4 Å². The summed E-state index contributed by atoms with van der Waals surface area (Å²) in [5, 5.41) is 0. The van der Waals surface area contributed by atoms with E-state index in [1.165, 1.54) is 0 Å². The number of carbonyl (C=O) groups is 2. The Balaban J connectivity index is 2.04. The molecule has 0 bridgehead atoms. The molecule has 0 spiro atoms. The first-order valence-electron chi connectivity index (χ1n) is 8.57. The number of amides is 2. The maximum absolute atomic E-state index is 13.7. The molecule has 1 unspecified atom stereocenters. The molecule has 2 amide bonds. The van der Waals surface area contributed by atoms with Crippen LogP contribution in [0.4, 0.5) is 8.78 Å². The Bertz CT molecular complexity index is 639. The second kappa shape index (κ2) is 8.38. The van der Waals surface area contributed by atoms with Crippen molar-refractivity contribution in [3.63, 3.8) is 0 Å². The molecule has 0 aromatic heterocycles. The van der Waals surface area contributed by atoms with E-state index < -0.39 is 23.7 Å². The Morgan fingerprint density at radius 2 is 2.08 bits per heavy atom. The second-order valence-electron chi connectivity index (χ2n) is 6.53. The van der Waals surface area contributed by atoms with Gasteiger partial charge in [0, 0.05) is 32.6 Å². The van der Waals surface area contributed by atoms with Crippen molar-refractivity contribution in [1.29, 1.82) is 0 Å². The largest absolute Gasteiger partial charge is 0.344 e. The lowest BCUT2D eigenvalue weighted by Gasteiger charge is -2.30. The van der Waals surface area contributed by atoms with Gasteiger partial charge in [0.15, 0.2) is 0 Å². The minimum atomic E-state index is -0.641. The SMILES string of the molecule is CCC1C(=O)N(C)CCCN1C(=O)C[C@H](N)Cc1cc(F)ccc1F. The van der Waals surface area contributed by atoms with Crippen molar-refractivity contribution >= 4 is 11.8 Å². The molecule has 1 aromatic rings. The minimum Gasteiger partial charge on any atom is -0.344 e. The molecule has 1 saturated heterocycles. The first-order chi connectivity index (χ1) is 11.8. The van der Waals surface area contributed by atoms with Crippen LogP contribution in [0.3, 0.4) is 0 Å². The van der Waals surface area contributed by atoms with Gasteiger partial charge in [-0.2, -0.15) is 0 Å². The Labute approximate surface area is 146 Å². The van der Waals surface area contributed by atoms with Crippen molar-refractivity contribution in [2.75, 3.05) is 20.1 Å². The highest BCUT2D eigenvalue weighted by Crippen LogP contribution is 2.17. The monoisotopic (exact) mass is 353 g/mol. The summed E-state index contributed by atoms with van der Waals surface area (Å²) in [4.78, 5) is 28.2. The molecule has 1 fully saturated rings. The van der Waals surface area contributed by atoms with Crippen molar-refractivity contribution in [2.45, 2.75) is 44.7 Å². The van der Waals surface area contributed by atoms with E-state index in [9.17, 15) is 18.4 Å². The third kappa shape index (κ3) is 4.75. The third-order valence-electron chi connectivity index (χ3n) is 4.56. The fourth-order valence-corrected chi connectivity index (χ4v) is 3.22. The van der Waals surface area contributed by atoms with Gasteiger partial charge >= 0.3 is 0 Å². The van der Waals surface area contributed by atoms with E-state index in [4.69, 9.17) is 5.73 Å². The molecule has 1 aliphatic heterocycles. The predicted octanol–water partition coefficient (Wildman–Crippen LogP) is 1.69. The van der Waals surface area contributed by atoms with Crippen LogP contribution in [-0.2, 0) is 16.0 Å². The lowest BCUT2D eigenvalue weighted by molar-refractivity contribution is -0.143. The molecule has 1 aliphatic rings. The number of benzene rings is 1. The quantitative estimate of drug-likeness (QED) is 0.876. The molecule has 25 heavy (non-hydrogen) atoms. The maximum Gasteiger partial charge on any atom is 0.245 e. The van der Waals surface area contributed by atoms with E-state index in [1.807, 2.05) is 6.92 Å². The number of hydrogen-bond acceptors (Lipinski definition) is 3. The van der Waals surface area contributed by atoms with E-state index in [-0.39, 0.29) is 30.2 Å². The van der Waals surface area contributed by atoms with Gasteiger partial charge in [-0.25, -0.2) is 8.78 Å². The molecule has 0 radical (unpaired) electrons. The molecule has 1 aromatic carbocycles. The van der Waals surface area contributed by atoms with Crippen LogP contribution in [-0.4, -0.2) is 53.8 Å². The van der Waals surface area contributed by atoms with Gasteiger partial charge in [0.25, 0.3) is 0 Å². The van der Waals surface area contributed by atoms with Gasteiger partial charge in [-0.15, -0.1) is 0 Å². The van der Waals surface area contributed by atoms with Crippen LogP contribution in [0.5, 0.6) is 0 Å². The first kappa shape index (κ1) is 19.3. The smallest absolute Gasteiger partial charge is 0.245 e. The molecule has 7 heteroatoms. The average molecular weight is 353 g/mol. The van der Waals surface area contributed by atoms with E-state index >= 15 is 0 Å².